The van der Waals surface area contributed by atoms with Crippen molar-refractivity contribution in [2.24, 2.45) is 5.14 Å². The molecule has 21 heavy (non-hydrogen) atoms. The van der Waals surface area contributed by atoms with Gasteiger partial charge in [-0.3, -0.25) is 4.79 Å². The van der Waals surface area contributed by atoms with Crippen LogP contribution in [-0.2, 0) is 16.6 Å². The minimum atomic E-state index is -3.76. The Morgan fingerprint density at radius 2 is 1.95 bits per heavy atom. The molecule has 1 aromatic heterocycles. The highest BCUT2D eigenvalue weighted by molar-refractivity contribution is 9.10. The van der Waals surface area contributed by atoms with Crippen molar-refractivity contribution in [3.63, 3.8) is 0 Å². The summed E-state index contributed by atoms with van der Waals surface area (Å²) in [6.07, 6.45) is 0. The van der Waals surface area contributed by atoms with Gasteiger partial charge in [-0.2, -0.15) is 0 Å². The third-order valence-corrected chi connectivity index (χ3v) is 5.70. The third-order valence-electron chi connectivity index (χ3n) is 2.78. The highest BCUT2D eigenvalue weighted by Gasteiger charge is 2.18. The van der Waals surface area contributed by atoms with E-state index < -0.39 is 10.0 Å². The number of carbonyl (C=O) groups is 1. The summed E-state index contributed by atoms with van der Waals surface area (Å²) in [5.41, 5.74) is 1.31. The van der Waals surface area contributed by atoms with Gasteiger partial charge in [-0.1, -0.05) is 28.1 Å². The van der Waals surface area contributed by atoms with Crippen molar-refractivity contribution in [3.05, 3.63) is 51.3 Å². The lowest BCUT2D eigenvalue weighted by molar-refractivity contribution is 0.0785. The molecule has 112 valence electrons. The molecule has 2 aromatic rings. The van der Waals surface area contributed by atoms with Crippen molar-refractivity contribution in [3.8, 4) is 0 Å². The van der Waals surface area contributed by atoms with Gasteiger partial charge in [0.25, 0.3) is 5.91 Å². The van der Waals surface area contributed by atoms with E-state index in [0.717, 1.165) is 21.4 Å². The summed E-state index contributed by atoms with van der Waals surface area (Å²) >= 11 is 4.29. The molecule has 1 aromatic carbocycles. The van der Waals surface area contributed by atoms with Crippen LogP contribution in [0.25, 0.3) is 0 Å². The first-order valence-corrected chi connectivity index (χ1v) is 9.10. The van der Waals surface area contributed by atoms with Crippen molar-refractivity contribution in [1.29, 1.82) is 0 Å². The largest absolute Gasteiger partial charge is 0.337 e. The quantitative estimate of drug-likeness (QED) is 0.872. The van der Waals surface area contributed by atoms with Gasteiger partial charge in [-0.05, 0) is 23.8 Å². The maximum atomic E-state index is 12.2. The molecule has 0 aliphatic rings. The molecule has 0 radical (unpaired) electrons. The molecule has 0 aliphatic heterocycles. The van der Waals surface area contributed by atoms with Crippen LogP contribution in [0.4, 0.5) is 0 Å². The summed E-state index contributed by atoms with van der Waals surface area (Å²) in [6, 6.07) is 8.93. The molecular formula is C13H13BrN2O3S2. The zero-order valence-corrected chi connectivity index (χ0v) is 14.3. The van der Waals surface area contributed by atoms with Gasteiger partial charge < -0.3 is 4.90 Å². The molecule has 0 atom stereocenters. The molecule has 8 heteroatoms. The molecule has 1 amide bonds. The van der Waals surface area contributed by atoms with Crippen molar-refractivity contribution < 1.29 is 13.2 Å². The summed E-state index contributed by atoms with van der Waals surface area (Å²) < 4.78 is 23.4. The molecule has 0 spiro atoms. The summed E-state index contributed by atoms with van der Waals surface area (Å²) in [6.45, 7) is 0.437. The van der Waals surface area contributed by atoms with Crippen LogP contribution < -0.4 is 5.14 Å². The fourth-order valence-corrected chi connectivity index (χ4v) is 3.58. The zero-order valence-electron chi connectivity index (χ0n) is 11.1. The Labute approximate surface area is 135 Å². The predicted octanol–water partition coefficient (Wildman–Crippen LogP) is 2.43. The van der Waals surface area contributed by atoms with Crippen molar-refractivity contribution in [2.75, 3.05) is 7.05 Å². The Hall–Kier alpha value is -1.22. The minimum Gasteiger partial charge on any atom is -0.337 e. The van der Waals surface area contributed by atoms with Gasteiger partial charge in [-0.15, -0.1) is 11.3 Å². The molecule has 0 bridgehead atoms. The number of amides is 1. The molecule has 5 nitrogen and oxygen atoms in total. The normalized spacial score (nSPS) is 11.4. The second-order valence-electron chi connectivity index (χ2n) is 4.49. The van der Waals surface area contributed by atoms with E-state index in [2.05, 4.69) is 15.9 Å². The van der Waals surface area contributed by atoms with Crippen LogP contribution in [0.5, 0.6) is 0 Å². The van der Waals surface area contributed by atoms with Crippen LogP contribution in [0.1, 0.15) is 15.9 Å². The maximum absolute atomic E-state index is 12.2. The first kappa shape index (κ1) is 16.2. The number of hydrogen-bond donors (Lipinski definition) is 1. The summed E-state index contributed by atoms with van der Waals surface area (Å²) in [5.74, 6) is -0.246. The number of halogens is 1. The Morgan fingerprint density at radius 1 is 1.33 bits per heavy atom. The lowest BCUT2D eigenvalue weighted by Crippen LogP contribution is -2.25. The van der Waals surface area contributed by atoms with E-state index in [1.54, 1.807) is 7.05 Å². The second-order valence-corrected chi connectivity index (χ2v) is 8.10. The number of rotatable bonds is 4. The van der Waals surface area contributed by atoms with Crippen molar-refractivity contribution in [1.82, 2.24) is 4.90 Å². The van der Waals surface area contributed by atoms with E-state index in [-0.39, 0.29) is 10.1 Å². The van der Waals surface area contributed by atoms with E-state index in [1.165, 1.54) is 16.3 Å². The van der Waals surface area contributed by atoms with Crippen LogP contribution >= 0.6 is 27.3 Å². The lowest BCUT2D eigenvalue weighted by Gasteiger charge is -2.16. The predicted molar refractivity (Wildman–Crippen MR) is 85.6 cm³/mol. The monoisotopic (exact) mass is 388 g/mol. The highest BCUT2D eigenvalue weighted by Crippen LogP contribution is 2.20. The summed E-state index contributed by atoms with van der Waals surface area (Å²) in [7, 11) is -2.10. The molecule has 2 N–H and O–H groups in total. The van der Waals surface area contributed by atoms with Gasteiger partial charge in [0.2, 0.25) is 10.0 Å². The van der Waals surface area contributed by atoms with Gasteiger partial charge in [0.05, 0.1) is 5.56 Å². The zero-order chi connectivity index (χ0) is 15.6. The van der Waals surface area contributed by atoms with Crippen LogP contribution in [0, 0.1) is 0 Å². The fourth-order valence-electron chi connectivity index (χ4n) is 1.73. The first-order valence-electron chi connectivity index (χ1n) is 5.88. The number of nitrogens with zero attached hydrogens (tertiary/aromatic N) is 1. The number of nitrogens with two attached hydrogens (primary N) is 1. The summed E-state index contributed by atoms with van der Waals surface area (Å²) in [5, 5.41) is 6.54. The van der Waals surface area contributed by atoms with Gasteiger partial charge in [-0.25, -0.2) is 13.6 Å². The molecule has 0 fully saturated rings. The van der Waals surface area contributed by atoms with E-state index in [1.807, 2.05) is 24.3 Å². The maximum Gasteiger partial charge on any atom is 0.254 e. The van der Waals surface area contributed by atoms with Gasteiger partial charge in [0, 0.05) is 23.4 Å². The number of hydrogen-bond acceptors (Lipinski definition) is 4. The Bertz CT molecular complexity index is 754. The summed E-state index contributed by atoms with van der Waals surface area (Å²) in [4.78, 5) is 13.8. The number of benzene rings is 1. The van der Waals surface area contributed by atoms with Crippen molar-refractivity contribution >= 4 is 43.2 Å². The first-order chi connectivity index (χ1) is 9.77. The second kappa shape index (κ2) is 6.27. The van der Waals surface area contributed by atoms with Gasteiger partial charge in [0.1, 0.15) is 4.21 Å². The van der Waals surface area contributed by atoms with Crippen LogP contribution in [0.3, 0.4) is 0 Å². The van der Waals surface area contributed by atoms with Gasteiger partial charge in [0.15, 0.2) is 0 Å². The number of primary sulfonamides is 1. The number of thiophene rings is 1. The Morgan fingerprint density at radius 3 is 2.48 bits per heavy atom. The van der Waals surface area contributed by atoms with E-state index >= 15 is 0 Å². The minimum absolute atomic E-state index is 0.0112. The average molecular weight is 389 g/mol. The highest BCUT2D eigenvalue weighted by atomic mass is 79.9. The van der Waals surface area contributed by atoms with Crippen LogP contribution in [0.2, 0.25) is 0 Å². The van der Waals surface area contributed by atoms with Crippen LogP contribution in [0.15, 0.2) is 44.4 Å². The Balaban J connectivity index is 2.12. The molecular weight excluding hydrogens is 376 g/mol. The molecule has 1 heterocycles. The SMILES string of the molecule is CN(Cc1ccc(Br)cc1)C(=O)c1csc(S(N)(=O)=O)c1. The molecule has 0 aliphatic carbocycles. The number of sulfonamides is 1. The van der Waals surface area contributed by atoms with E-state index in [4.69, 9.17) is 5.14 Å². The van der Waals surface area contributed by atoms with Crippen molar-refractivity contribution in [2.45, 2.75) is 10.8 Å². The average Bonchev–Trinajstić information content (AvgIpc) is 2.90. The smallest absolute Gasteiger partial charge is 0.254 e. The van der Waals surface area contributed by atoms with Gasteiger partial charge >= 0.3 is 0 Å². The molecule has 0 saturated heterocycles. The number of carbonyl (C=O) groups excluding carboxylic acids is 1. The Kier molecular flexibility index (Phi) is 4.82. The van der Waals surface area contributed by atoms with E-state index in [0.29, 0.717) is 12.1 Å². The molecule has 0 unspecified atom stereocenters. The standard InChI is InChI=1S/C13H13BrN2O3S2/c1-16(7-9-2-4-11(14)5-3-9)13(17)10-6-12(20-8-10)21(15,18)19/h2-6,8H,7H2,1H3,(H2,15,18,19). The topological polar surface area (TPSA) is 80.5 Å². The van der Waals surface area contributed by atoms with Crippen LogP contribution in [-0.4, -0.2) is 26.3 Å². The molecule has 0 saturated carbocycles. The van der Waals surface area contributed by atoms with E-state index in [9.17, 15) is 13.2 Å². The molecule has 2 rings (SSSR count). The third kappa shape index (κ3) is 4.13. The lowest BCUT2D eigenvalue weighted by atomic mass is 10.2. The fraction of sp³-hybridized carbons (Fsp3) is 0.154.